The van der Waals surface area contributed by atoms with Gasteiger partial charge in [0.2, 0.25) is 0 Å². The summed E-state index contributed by atoms with van der Waals surface area (Å²) in [6.07, 6.45) is 1.35. The van der Waals surface area contributed by atoms with Crippen molar-refractivity contribution in [1.82, 2.24) is 10.2 Å². The molecule has 0 aliphatic carbocycles. The minimum Gasteiger partial charge on any atom is -0.312 e. The van der Waals surface area contributed by atoms with Gasteiger partial charge in [0.25, 0.3) is 0 Å². The fourth-order valence-electron chi connectivity index (χ4n) is 1.58. The van der Waals surface area contributed by atoms with Crippen LogP contribution in [0.25, 0.3) is 0 Å². The van der Waals surface area contributed by atoms with Gasteiger partial charge < -0.3 is 10.2 Å². The Bertz CT molecular complexity index is 141. The third-order valence-electron chi connectivity index (χ3n) is 2.66. The number of hydrogen-bond donors (Lipinski definition) is 1. The zero-order valence-electron chi connectivity index (χ0n) is 9.05. The highest BCUT2D eigenvalue weighted by atomic mass is 32.2. The SMILES string of the molecule is CCN(C)CCNC1CSC(C)C1. The van der Waals surface area contributed by atoms with E-state index in [0.29, 0.717) is 0 Å². The van der Waals surface area contributed by atoms with Gasteiger partial charge in [-0.15, -0.1) is 0 Å². The molecular weight excluding hydrogens is 180 g/mol. The van der Waals surface area contributed by atoms with Gasteiger partial charge in [0.05, 0.1) is 0 Å². The number of hydrogen-bond acceptors (Lipinski definition) is 3. The van der Waals surface area contributed by atoms with Gasteiger partial charge in [-0.1, -0.05) is 13.8 Å². The van der Waals surface area contributed by atoms with E-state index >= 15 is 0 Å². The van der Waals surface area contributed by atoms with Crippen molar-refractivity contribution < 1.29 is 0 Å². The zero-order valence-corrected chi connectivity index (χ0v) is 9.86. The Kier molecular flexibility index (Phi) is 5.14. The van der Waals surface area contributed by atoms with Gasteiger partial charge in [-0.25, -0.2) is 0 Å². The van der Waals surface area contributed by atoms with E-state index in [9.17, 15) is 0 Å². The average Bonchev–Trinajstić information content (AvgIpc) is 2.51. The first-order valence-corrected chi connectivity index (χ1v) is 6.30. The summed E-state index contributed by atoms with van der Waals surface area (Å²) < 4.78 is 0. The fourth-order valence-corrected chi connectivity index (χ4v) is 2.76. The van der Waals surface area contributed by atoms with Crippen LogP contribution >= 0.6 is 11.8 Å². The first-order chi connectivity index (χ1) is 6.22. The molecule has 2 unspecified atom stereocenters. The van der Waals surface area contributed by atoms with Gasteiger partial charge in [0, 0.05) is 30.1 Å². The summed E-state index contributed by atoms with van der Waals surface area (Å²) in [4.78, 5) is 2.35. The predicted molar refractivity (Wildman–Crippen MR) is 61.5 cm³/mol. The van der Waals surface area contributed by atoms with Crippen LogP contribution in [0.1, 0.15) is 20.3 Å². The van der Waals surface area contributed by atoms with Crippen molar-refractivity contribution in [2.75, 3.05) is 32.4 Å². The minimum absolute atomic E-state index is 0.769. The van der Waals surface area contributed by atoms with Crippen LogP contribution in [0.2, 0.25) is 0 Å². The monoisotopic (exact) mass is 202 g/mol. The van der Waals surface area contributed by atoms with Crippen LogP contribution in [0.4, 0.5) is 0 Å². The Morgan fingerprint density at radius 3 is 2.85 bits per heavy atom. The van der Waals surface area contributed by atoms with Crippen LogP contribution in [0.5, 0.6) is 0 Å². The molecule has 1 N–H and O–H groups in total. The maximum Gasteiger partial charge on any atom is 0.0169 e. The Labute approximate surface area is 86.5 Å². The van der Waals surface area contributed by atoms with E-state index < -0.39 is 0 Å². The van der Waals surface area contributed by atoms with Crippen LogP contribution in [0, 0.1) is 0 Å². The van der Waals surface area contributed by atoms with E-state index in [0.717, 1.165) is 24.4 Å². The zero-order chi connectivity index (χ0) is 9.68. The van der Waals surface area contributed by atoms with Crippen molar-refractivity contribution in [2.45, 2.75) is 31.6 Å². The molecule has 2 nitrogen and oxygen atoms in total. The quantitative estimate of drug-likeness (QED) is 0.726. The highest BCUT2D eigenvalue weighted by molar-refractivity contribution is 8.00. The Balaban J connectivity index is 2.00. The molecule has 3 heteroatoms. The fraction of sp³-hybridized carbons (Fsp3) is 1.00. The van der Waals surface area contributed by atoms with Crippen molar-refractivity contribution in [1.29, 1.82) is 0 Å². The molecule has 13 heavy (non-hydrogen) atoms. The topological polar surface area (TPSA) is 15.3 Å². The van der Waals surface area contributed by atoms with Crippen LogP contribution in [0.3, 0.4) is 0 Å². The van der Waals surface area contributed by atoms with Gasteiger partial charge in [0.15, 0.2) is 0 Å². The third kappa shape index (κ3) is 4.34. The molecule has 0 saturated carbocycles. The summed E-state index contributed by atoms with van der Waals surface area (Å²) in [5.74, 6) is 1.30. The van der Waals surface area contributed by atoms with E-state index in [1.54, 1.807) is 0 Å². The Morgan fingerprint density at radius 1 is 1.54 bits per heavy atom. The largest absolute Gasteiger partial charge is 0.312 e. The lowest BCUT2D eigenvalue weighted by molar-refractivity contribution is 0.341. The second-order valence-electron chi connectivity index (χ2n) is 3.93. The number of rotatable bonds is 5. The summed E-state index contributed by atoms with van der Waals surface area (Å²) in [6, 6.07) is 0.769. The van der Waals surface area contributed by atoms with E-state index in [1.807, 2.05) is 0 Å². The van der Waals surface area contributed by atoms with Gasteiger partial charge in [-0.05, 0) is 20.0 Å². The van der Waals surface area contributed by atoms with Crippen LogP contribution in [-0.4, -0.2) is 48.6 Å². The summed E-state index contributed by atoms with van der Waals surface area (Å²) in [6.45, 7) is 7.99. The maximum absolute atomic E-state index is 3.61. The van der Waals surface area contributed by atoms with E-state index in [2.05, 4.69) is 42.9 Å². The molecule has 78 valence electrons. The number of nitrogens with zero attached hydrogens (tertiary/aromatic N) is 1. The van der Waals surface area contributed by atoms with E-state index in [4.69, 9.17) is 0 Å². The molecule has 0 radical (unpaired) electrons. The van der Waals surface area contributed by atoms with Crippen LogP contribution in [0.15, 0.2) is 0 Å². The summed E-state index contributed by atoms with van der Waals surface area (Å²) in [7, 11) is 2.17. The molecule has 1 aliphatic rings. The first kappa shape index (κ1) is 11.3. The molecule has 1 fully saturated rings. The van der Waals surface area contributed by atoms with E-state index in [1.165, 1.54) is 18.7 Å². The predicted octanol–water partition coefficient (Wildman–Crippen LogP) is 1.42. The molecule has 0 bridgehead atoms. The standard InChI is InChI=1S/C10H22N2S/c1-4-12(3)6-5-11-10-7-9(2)13-8-10/h9-11H,4-8H2,1-3H3. The number of nitrogens with one attached hydrogen (secondary N) is 1. The smallest absolute Gasteiger partial charge is 0.0169 e. The highest BCUT2D eigenvalue weighted by Gasteiger charge is 2.20. The summed E-state index contributed by atoms with van der Waals surface area (Å²) in [5, 5.41) is 4.48. The Hall–Kier alpha value is 0.270. The maximum atomic E-state index is 3.61. The van der Waals surface area contributed by atoms with Gasteiger partial charge >= 0.3 is 0 Å². The molecule has 0 aromatic rings. The minimum atomic E-state index is 0.769. The van der Waals surface area contributed by atoms with Crippen molar-refractivity contribution in [2.24, 2.45) is 0 Å². The van der Waals surface area contributed by atoms with Crippen LogP contribution < -0.4 is 5.32 Å². The van der Waals surface area contributed by atoms with Crippen molar-refractivity contribution in [3.05, 3.63) is 0 Å². The molecule has 1 aliphatic heterocycles. The normalized spacial score (nSPS) is 28.6. The molecule has 1 saturated heterocycles. The second-order valence-corrected chi connectivity index (χ2v) is 5.40. The summed E-state index contributed by atoms with van der Waals surface area (Å²) >= 11 is 2.09. The number of thioether (sulfide) groups is 1. The van der Waals surface area contributed by atoms with Crippen LogP contribution in [-0.2, 0) is 0 Å². The van der Waals surface area contributed by atoms with Crippen molar-refractivity contribution >= 4 is 11.8 Å². The van der Waals surface area contributed by atoms with Crippen molar-refractivity contribution in [3.63, 3.8) is 0 Å². The summed E-state index contributed by atoms with van der Waals surface area (Å²) in [5.41, 5.74) is 0. The van der Waals surface area contributed by atoms with Crippen molar-refractivity contribution in [3.8, 4) is 0 Å². The Morgan fingerprint density at radius 2 is 2.31 bits per heavy atom. The first-order valence-electron chi connectivity index (χ1n) is 5.26. The molecule has 1 rings (SSSR count). The van der Waals surface area contributed by atoms with Gasteiger partial charge in [-0.3, -0.25) is 0 Å². The lowest BCUT2D eigenvalue weighted by Crippen LogP contribution is -2.35. The molecule has 2 atom stereocenters. The highest BCUT2D eigenvalue weighted by Crippen LogP contribution is 2.25. The third-order valence-corrected chi connectivity index (χ3v) is 4.02. The van der Waals surface area contributed by atoms with Gasteiger partial charge in [-0.2, -0.15) is 11.8 Å². The molecular formula is C10H22N2S. The molecule has 0 spiro atoms. The van der Waals surface area contributed by atoms with Gasteiger partial charge in [0.1, 0.15) is 0 Å². The molecule has 1 heterocycles. The molecule has 0 amide bonds. The van der Waals surface area contributed by atoms with E-state index in [-0.39, 0.29) is 0 Å². The second kappa shape index (κ2) is 5.89. The number of likely N-dealkylation sites (N-methyl/N-ethyl adjacent to an activating group) is 1. The lowest BCUT2D eigenvalue weighted by atomic mass is 10.2. The molecule has 0 aromatic heterocycles. The average molecular weight is 202 g/mol. The molecule has 0 aromatic carbocycles. The lowest BCUT2D eigenvalue weighted by Gasteiger charge is -2.16.